The number of nitrogens with zero attached hydrogens (tertiary/aromatic N) is 2. The summed E-state index contributed by atoms with van der Waals surface area (Å²) in [5.41, 5.74) is 3.80. The van der Waals surface area contributed by atoms with E-state index in [0.717, 1.165) is 24.1 Å². The Morgan fingerprint density at radius 1 is 1.19 bits per heavy atom. The summed E-state index contributed by atoms with van der Waals surface area (Å²) in [6, 6.07) is 9.78. The zero-order valence-corrected chi connectivity index (χ0v) is 15.8. The van der Waals surface area contributed by atoms with E-state index in [1.807, 2.05) is 44.2 Å². The van der Waals surface area contributed by atoms with E-state index < -0.39 is 17.7 Å². The summed E-state index contributed by atoms with van der Waals surface area (Å²) >= 11 is 0. The highest BCUT2D eigenvalue weighted by atomic mass is 16.6. The number of carbonyl (C=O) groups is 2. The molecule has 0 saturated carbocycles. The van der Waals surface area contributed by atoms with E-state index in [9.17, 15) is 9.59 Å². The second kappa shape index (κ2) is 8.69. The van der Waals surface area contributed by atoms with Gasteiger partial charge in [-0.3, -0.25) is 4.99 Å². The van der Waals surface area contributed by atoms with Gasteiger partial charge in [0.1, 0.15) is 0 Å². The number of hydrogen-bond acceptors (Lipinski definition) is 5. The molecule has 2 amide bonds. The Morgan fingerprint density at radius 3 is 2.46 bits per heavy atom. The first kappa shape index (κ1) is 19.8. The predicted molar refractivity (Wildman–Crippen MR) is 99.1 cm³/mol. The van der Waals surface area contributed by atoms with Gasteiger partial charge in [-0.1, -0.05) is 30.3 Å². The summed E-state index contributed by atoms with van der Waals surface area (Å²) < 4.78 is 10.0. The van der Waals surface area contributed by atoms with Crippen LogP contribution in [0, 0.1) is 0 Å². The summed E-state index contributed by atoms with van der Waals surface area (Å²) in [7, 11) is 0. The molecule has 0 unspecified atom stereocenters. The molecule has 1 aromatic carbocycles. The van der Waals surface area contributed by atoms with Crippen molar-refractivity contribution >= 4 is 17.9 Å². The molecular weight excluding hydrogens is 334 g/mol. The second-order valence-corrected chi connectivity index (χ2v) is 6.52. The standard InChI is InChI=1S/C19H27N3O4/c1-5-25-17(23)21-22(18(24)26-6-2)19(3,4)16-13-12-15(20-16)14-10-8-7-9-11-14/h7-11,16H,5-6,12-13H2,1-4H3,(H,21,23)/t16-/m1/s1. The number of benzene rings is 1. The molecule has 0 aliphatic carbocycles. The molecule has 26 heavy (non-hydrogen) atoms. The van der Waals surface area contributed by atoms with Crippen molar-refractivity contribution in [2.24, 2.45) is 4.99 Å². The summed E-state index contributed by atoms with van der Waals surface area (Å²) in [4.78, 5) is 29.1. The summed E-state index contributed by atoms with van der Waals surface area (Å²) in [6.07, 6.45) is 0.263. The third-order valence-corrected chi connectivity index (χ3v) is 4.39. The van der Waals surface area contributed by atoms with Gasteiger partial charge in [0.15, 0.2) is 0 Å². The van der Waals surface area contributed by atoms with Gasteiger partial charge < -0.3 is 9.47 Å². The summed E-state index contributed by atoms with van der Waals surface area (Å²) in [6.45, 7) is 7.56. The van der Waals surface area contributed by atoms with Gasteiger partial charge in [-0.25, -0.2) is 20.0 Å². The maximum atomic E-state index is 12.4. The molecule has 1 heterocycles. The highest BCUT2D eigenvalue weighted by molar-refractivity contribution is 6.01. The Hall–Kier alpha value is -2.57. The van der Waals surface area contributed by atoms with Gasteiger partial charge >= 0.3 is 12.2 Å². The van der Waals surface area contributed by atoms with Crippen LogP contribution in [0.1, 0.15) is 46.1 Å². The lowest BCUT2D eigenvalue weighted by Crippen LogP contribution is -2.61. The molecule has 0 spiro atoms. The van der Waals surface area contributed by atoms with Crippen LogP contribution in [0.2, 0.25) is 0 Å². The molecule has 0 aromatic heterocycles. The van der Waals surface area contributed by atoms with E-state index in [0.29, 0.717) is 0 Å². The van der Waals surface area contributed by atoms with Crippen molar-refractivity contribution in [2.75, 3.05) is 13.2 Å². The zero-order chi connectivity index (χ0) is 19.2. The Kier molecular flexibility index (Phi) is 6.60. The molecule has 2 rings (SSSR count). The van der Waals surface area contributed by atoms with Crippen molar-refractivity contribution in [1.29, 1.82) is 0 Å². The Labute approximate surface area is 154 Å². The summed E-state index contributed by atoms with van der Waals surface area (Å²) in [5, 5.41) is 1.19. The van der Waals surface area contributed by atoms with Crippen molar-refractivity contribution in [3.63, 3.8) is 0 Å². The summed E-state index contributed by atoms with van der Waals surface area (Å²) in [5.74, 6) is 0. The monoisotopic (exact) mass is 361 g/mol. The largest absolute Gasteiger partial charge is 0.449 e. The average Bonchev–Trinajstić information content (AvgIpc) is 3.12. The molecule has 7 heteroatoms. The number of amides is 2. The van der Waals surface area contributed by atoms with Gasteiger partial charge in [-0.05, 0) is 46.1 Å². The minimum absolute atomic E-state index is 0.177. The van der Waals surface area contributed by atoms with Crippen molar-refractivity contribution < 1.29 is 19.1 Å². The maximum Gasteiger partial charge on any atom is 0.429 e. The van der Waals surface area contributed by atoms with Crippen molar-refractivity contribution in [1.82, 2.24) is 10.4 Å². The molecule has 1 aromatic rings. The lowest BCUT2D eigenvalue weighted by Gasteiger charge is -2.39. The molecule has 1 atom stereocenters. The van der Waals surface area contributed by atoms with Crippen LogP contribution in [0.25, 0.3) is 0 Å². The number of carbonyl (C=O) groups excluding carboxylic acids is 2. The first-order valence-corrected chi connectivity index (χ1v) is 8.92. The number of ether oxygens (including phenoxy) is 2. The Balaban J connectivity index is 2.23. The van der Waals surface area contributed by atoms with Crippen LogP contribution in [0.5, 0.6) is 0 Å². The molecule has 142 valence electrons. The van der Waals surface area contributed by atoms with Crippen LogP contribution in [0.3, 0.4) is 0 Å². The normalized spacial score (nSPS) is 16.6. The smallest absolute Gasteiger partial charge is 0.429 e. The third kappa shape index (κ3) is 4.53. The molecular formula is C19H27N3O4. The second-order valence-electron chi connectivity index (χ2n) is 6.52. The van der Waals surface area contributed by atoms with Gasteiger partial charge in [-0.15, -0.1) is 0 Å². The number of nitrogens with one attached hydrogen (secondary N) is 1. The van der Waals surface area contributed by atoms with Gasteiger partial charge in [0.2, 0.25) is 0 Å². The molecule has 0 saturated heterocycles. The molecule has 1 aliphatic heterocycles. The van der Waals surface area contributed by atoms with Crippen LogP contribution < -0.4 is 5.43 Å². The molecule has 0 bridgehead atoms. The van der Waals surface area contributed by atoms with Crippen molar-refractivity contribution in [3.05, 3.63) is 35.9 Å². The average molecular weight is 361 g/mol. The van der Waals surface area contributed by atoms with Gasteiger partial charge in [-0.2, -0.15) is 0 Å². The van der Waals surface area contributed by atoms with Crippen LogP contribution in [0.4, 0.5) is 9.59 Å². The maximum absolute atomic E-state index is 12.4. The lowest BCUT2D eigenvalue weighted by atomic mass is 9.92. The fraction of sp³-hybridized carbons (Fsp3) is 0.526. The third-order valence-electron chi connectivity index (χ3n) is 4.39. The molecule has 0 radical (unpaired) electrons. The zero-order valence-electron chi connectivity index (χ0n) is 15.8. The fourth-order valence-electron chi connectivity index (χ4n) is 2.97. The van der Waals surface area contributed by atoms with Crippen LogP contribution >= 0.6 is 0 Å². The molecule has 1 N–H and O–H groups in total. The molecule has 7 nitrogen and oxygen atoms in total. The van der Waals surface area contributed by atoms with E-state index in [4.69, 9.17) is 14.5 Å². The van der Waals surface area contributed by atoms with Gasteiger partial charge in [0.25, 0.3) is 0 Å². The van der Waals surface area contributed by atoms with Crippen LogP contribution in [-0.4, -0.2) is 47.7 Å². The van der Waals surface area contributed by atoms with E-state index in [1.54, 1.807) is 13.8 Å². The fourth-order valence-corrected chi connectivity index (χ4v) is 2.97. The quantitative estimate of drug-likeness (QED) is 0.814. The minimum Gasteiger partial charge on any atom is -0.449 e. The van der Waals surface area contributed by atoms with Crippen molar-refractivity contribution in [3.8, 4) is 0 Å². The predicted octanol–water partition coefficient (Wildman–Crippen LogP) is 3.54. The van der Waals surface area contributed by atoms with E-state index in [2.05, 4.69) is 5.43 Å². The van der Waals surface area contributed by atoms with Crippen molar-refractivity contribution in [2.45, 2.75) is 52.1 Å². The van der Waals surface area contributed by atoms with E-state index in [1.165, 1.54) is 5.01 Å². The SMILES string of the molecule is CCOC(=O)NN(C(=O)OCC)C(C)(C)[C@H]1CCC(c2ccccc2)=N1. The number of hydrazine groups is 1. The number of hydrogen-bond donors (Lipinski definition) is 1. The van der Waals surface area contributed by atoms with E-state index >= 15 is 0 Å². The molecule has 0 fully saturated rings. The molecule has 1 aliphatic rings. The number of aliphatic imine (C=N–C) groups is 1. The first-order valence-electron chi connectivity index (χ1n) is 8.92. The highest BCUT2D eigenvalue weighted by Crippen LogP contribution is 2.30. The minimum atomic E-state index is -0.782. The lowest BCUT2D eigenvalue weighted by molar-refractivity contribution is 0.0199. The topological polar surface area (TPSA) is 80.2 Å². The number of rotatable bonds is 5. The Bertz CT molecular complexity index is 658. The van der Waals surface area contributed by atoms with Gasteiger partial charge in [0.05, 0.1) is 24.8 Å². The van der Waals surface area contributed by atoms with E-state index in [-0.39, 0.29) is 19.3 Å². The first-order chi connectivity index (χ1) is 12.4. The highest BCUT2D eigenvalue weighted by Gasteiger charge is 2.42. The van der Waals surface area contributed by atoms with Crippen LogP contribution in [-0.2, 0) is 9.47 Å². The Morgan fingerprint density at radius 2 is 1.85 bits per heavy atom. The van der Waals surface area contributed by atoms with Crippen LogP contribution in [0.15, 0.2) is 35.3 Å². The van der Waals surface area contributed by atoms with Gasteiger partial charge in [0, 0.05) is 5.71 Å².